The zero-order valence-corrected chi connectivity index (χ0v) is 10.9. The highest BCUT2D eigenvalue weighted by Gasteiger charge is 2.16. The Morgan fingerprint density at radius 1 is 1.47 bits per heavy atom. The van der Waals surface area contributed by atoms with Crippen molar-refractivity contribution in [3.63, 3.8) is 0 Å². The Bertz CT molecular complexity index is 557. The van der Waals surface area contributed by atoms with Gasteiger partial charge >= 0.3 is 0 Å². The van der Waals surface area contributed by atoms with Crippen molar-refractivity contribution >= 4 is 0 Å². The van der Waals surface area contributed by atoms with E-state index < -0.39 is 0 Å². The fourth-order valence-electron chi connectivity index (χ4n) is 1.60. The number of hydrogen-bond acceptors (Lipinski definition) is 5. The molecule has 0 aliphatic heterocycles. The maximum Gasteiger partial charge on any atom is 0.243 e. The number of benzene rings is 1. The molecule has 0 saturated heterocycles. The fourth-order valence-corrected chi connectivity index (χ4v) is 1.60. The molecule has 0 fully saturated rings. The SMILES string of the molecule is COCCC(N)c1nc(-c2ccc(C)c(F)c2)no1. The summed E-state index contributed by atoms with van der Waals surface area (Å²) in [6, 6.07) is 4.42. The van der Waals surface area contributed by atoms with Gasteiger partial charge in [-0.05, 0) is 25.0 Å². The minimum atomic E-state index is -0.378. The molecule has 2 aromatic rings. The van der Waals surface area contributed by atoms with Gasteiger partial charge in [0.15, 0.2) is 0 Å². The predicted octanol–water partition coefficient (Wildman–Crippen LogP) is 2.22. The van der Waals surface area contributed by atoms with Gasteiger partial charge < -0.3 is 15.0 Å². The van der Waals surface area contributed by atoms with Crippen molar-refractivity contribution in [3.8, 4) is 11.4 Å². The molecule has 1 unspecified atom stereocenters. The molecular formula is C13H16FN3O2. The highest BCUT2D eigenvalue weighted by molar-refractivity contribution is 5.54. The van der Waals surface area contributed by atoms with Gasteiger partial charge in [-0.3, -0.25) is 0 Å². The average Bonchev–Trinajstić information content (AvgIpc) is 2.89. The van der Waals surface area contributed by atoms with Crippen LogP contribution in [0.2, 0.25) is 0 Å². The highest BCUT2D eigenvalue weighted by atomic mass is 19.1. The molecule has 2 rings (SSSR count). The van der Waals surface area contributed by atoms with Crippen LogP contribution in [0.1, 0.15) is 23.9 Å². The molecule has 0 saturated carbocycles. The molecule has 0 radical (unpaired) electrons. The summed E-state index contributed by atoms with van der Waals surface area (Å²) >= 11 is 0. The van der Waals surface area contributed by atoms with Gasteiger partial charge in [-0.15, -0.1) is 0 Å². The first-order valence-electron chi connectivity index (χ1n) is 5.96. The maximum atomic E-state index is 13.5. The quantitative estimate of drug-likeness (QED) is 0.897. The van der Waals surface area contributed by atoms with Crippen LogP contribution in [0.3, 0.4) is 0 Å². The molecule has 6 heteroatoms. The predicted molar refractivity (Wildman–Crippen MR) is 67.9 cm³/mol. The molecular weight excluding hydrogens is 249 g/mol. The largest absolute Gasteiger partial charge is 0.385 e. The van der Waals surface area contributed by atoms with E-state index in [1.54, 1.807) is 26.2 Å². The lowest BCUT2D eigenvalue weighted by Crippen LogP contribution is -2.12. The smallest absolute Gasteiger partial charge is 0.243 e. The Kier molecular flexibility index (Phi) is 4.24. The molecule has 0 amide bonds. The van der Waals surface area contributed by atoms with Crippen LogP contribution < -0.4 is 5.73 Å². The van der Waals surface area contributed by atoms with E-state index in [-0.39, 0.29) is 11.9 Å². The zero-order valence-electron chi connectivity index (χ0n) is 10.9. The van der Waals surface area contributed by atoms with Crippen LogP contribution in [0.5, 0.6) is 0 Å². The number of halogens is 1. The molecule has 1 atom stereocenters. The lowest BCUT2D eigenvalue weighted by atomic mass is 10.1. The van der Waals surface area contributed by atoms with E-state index in [2.05, 4.69) is 10.1 Å². The molecule has 0 aliphatic carbocycles. The van der Waals surface area contributed by atoms with Crippen LogP contribution in [0, 0.1) is 12.7 Å². The van der Waals surface area contributed by atoms with E-state index in [4.69, 9.17) is 15.0 Å². The summed E-state index contributed by atoms with van der Waals surface area (Å²) < 4.78 is 23.5. The Morgan fingerprint density at radius 3 is 2.95 bits per heavy atom. The number of aryl methyl sites for hydroxylation is 1. The summed E-state index contributed by atoms with van der Waals surface area (Å²) in [7, 11) is 1.60. The second kappa shape index (κ2) is 5.90. The highest BCUT2D eigenvalue weighted by Crippen LogP contribution is 2.21. The van der Waals surface area contributed by atoms with Gasteiger partial charge in [0.1, 0.15) is 5.82 Å². The summed E-state index contributed by atoms with van der Waals surface area (Å²) in [5.41, 5.74) is 7.02. The van der Waals surface area contributed by atoms with Crippen molar-refractivity contribution in [2.75, 3.05) is 13.7 Å². The number of rotatable bonds is 5. The average molecular weight is 265 g/mol. The lowest BCUT2D eigenvalue weighted by molar-refractivity contribution is 0.182. The minimum Gasteiger partial charge on any atom is -0.385 e. The molecule has 1 aromatic heterocycles. The van der Waals surface area contributed by atoms with Gasteiger partial charge in [0.05, 0.1) is 6.04 Å². The molecule has 0 spiro atoms. The number of aromatic nitrogens is 2. The number of methoxy groups -OCH3 is 1. The van der Waals surface area contributed by atoms with Crippen LogP contribution in [-0.4, -0.2) is 23.9 Å². The molecule has 5 nitrogen and oxygen atoms in total. The first kappa shape index (κ1) is 13.6. The Morgan fingerprint density at radius 2 is 2.26 bits per heavy atom. The first-order chi connectivity index (χ1) is 9.11. The van der Waals surface area contributed by atoms with Crippen LogP contribution in [0.25, 0.3) is 11.4 Å². The molecule has 102 valence electrons. The van der Waals surface area contributed by atoms with E-state index in [0.29, 0.717) is 35.9 Å². The second-order valence-corrected chi connectivity index (χ2v) is 4.31. The summed E-state index contributed by atoms with van der Waals surface area (Å²) in [6.45, 7) is 2.21. The summed E-state index contributed by atoms with van der Waals surface area (Å²) in [4.78, 5) is 4.18. The van der Waals surface area contributed by atoms with Gasteiger partial charge in [0, 0.05) is 19.3 Å². The number of nitrogens with zero attached hydrogens (tertiary/aromatic N) is 2. The van der Waals surface area contributed by atoms with Crippen molar-refractivity contribution in [2.45, 2.75) is 19.4 Å². The molecule has 2 N–H and O–H groups in total. The number of hydrogen-bond donors (Lipinski definition) is 1. The normalized spacial score (nSPS) is 12.6. The van der Waals surface area contributed by atoms with E-state index in [0.717, 1.165) is 0 Å². The Hall–Kier alpha value is -1.79. The molecule has 1 aromatic carbocycles. The van der Waals surface area contributed by atoms with Gasteiger partial charge in [-0.2, -0.15) is 4.98 Å². The molecule has 1 heterocycles. The van der Waals surface area contributed by atoms with Gasteiger partial charge in [0.25, 0.3) is 0 Å². The number of nitrogens with two attached hydrogens (primary N) is 1. The van der Waals surface area contributed by atoms with E-state index in [1.165, 1.54) is 6.07 Å². The van der Waals surface area contributed by atoms with Crippen molar-refractivity contribution in [3.05, 3.63) is 35.5 Å². The van der Waals surface area contributed by atoms with Crippen molar-refractivity contribution in [1.82, 2.24) is 10.1 Å². The van der Waals surface area contributed by atoms with Gasteiger partial charge in [-0.1, -0.05) is 17.3 Å². The maximum absolute atomic E-state index is 13.5. The number of ether oxygens (including phenoxy) is 1. The van der Waals surface area contributed by atoms with Crippen LogP contribution >= 0.6 is 0 Å². The van der Waals surface area contributed by atoms with Gasteiger partial charge in [0.2, 0.25) is 11.7 Å². The fraction of sp³-hybridized carbons (Fsp3) is 0.385. The third-order valence-electron chi connectivity index (χ3n) is 2.82. The van der Waals surface area contributed by atoms with Crippen molar-refractivity contribution in [2.24, 2.45) is 5.73 Å². The molecule has 19 heavy (non-hydrogen) atoms. The minimum absolute atomic E-state index is 0.299. The summed E-state index contributed by atoms with van der Waals surface area (Å²) in [6.07, 6.45) is 0.584. The van der Waals surface area contributed by atoms with Crippen LogP contribution in [0.15, 0.2) is 22.7 Å². The van der Waals surface area contributed by atoms with E-state index in [1.807, 2.05) is 0 Å². The topological polar surface area (TPSA) is 74.2 Å². The zero-order chi connectivity index (χ0) is 13.8. The monoisotopic (exact) mass is 265 g/mol. The van der Waals surface area contributed by atoms with E-state index >= 15 is 0 Å². The standard InChI is InChI=1S/C13H16FN3O2/c1-8-3-4-9(7-10(8)14)12-16-13(19-17-12)11(15)5-6-18-2/h3-4,7,11H,5-6,15H2,1-2H3. The van der Waals surface area contributed by atoms with Crippen molar-refractivity contribution < 1.29 is 13.7 Å². The molecule has 0 aliphatic rings. The molecule has 0 bridgehead atoms. The third-order valence-corrected chi connectivity index (χ3v) is 2.82. The second-order valence-electron chi connectivity index (χ2n) is 4.31. The Labute approximate surface area is 110 Å². The van der Waals surface area contributed by atoms with Gasteiger partial charge in [-0.25, -0.2) is 4.39 Å². The Balaban J connectivity index is 2.18. The van der Waals surface area contributed by atoms with Crippen LogP contribution in [-0.2, 0) is 4.74 Å². The summed E-state index contributed by atoms with van der Waals surface area (Å²) in [5.74, 6) is 0.363. The lowest BCUT2D eigenvalue weighted by Gasteiger charge is -2.04. The summed E-state index contributed by atoms with van der Waals surface area (Å²) in [5, 5.41) is 3.81. The van der Waals surface area contributed by atoms with E-state index in [9.17, 15) is 4.39 Å². The van der Waals surface area contributed by atoms with Crippen LogP contribution in [0.4, 0.5) is 4.39 Å². The van der Waals surface area contributed by atoms with Crippen molar-refractivity contribution in [1.29, 1.82) is 0 Å². The third kappa shape index (κ3) is 3.15. The first-order valence-corrected chi connectivity index (χ1v) is 5.96.